The van der Waals surface area contributed by atoms with E-state index in [1.54, 1.807) is 30.3 Å². The zero-order valence-electron chi connectivity index (χ0n) is 14.6. The Bertz CT molecular complexity index is 875. The lowest BCUT2D eigenvalue weighted by atomic mass is 10.1. The maximum atomic E-state index is 12.4. The van der Waals surface area contributed by atoms with Crippen LogP contribution in [0.5, 0.6) is 0 Å². The molecule has 27 heavy (non-hydrogen) atoms. The van der Waals surface area contributed by atoms with Gasteiger partial charge in [-0.1, -0.05) is 48.0 Å². The first-order valence-corrected chi connectivity index (χ1v) is 8.48. The van der Waals surface area contributed by atoms with E-state index in [-0.39, 0.29) is 17.9 Å². The fourth-order valence-electron chi connectivity index (χ4n) is 2.03. The van der Waals surface area contributed by atoms with Crippen LogP contribution in [0.4, 0.5) is 5.69 Å². The molecule has 0 aliphatic heterocycles. The second-order valence-electron chi connectivity index (χ2n) is 5.57. The Balaban J connectivity index is 2.08. The van der Waals surface area contributed by atoms with E-state index in [0.29, 0.717) is 10.7 Å². The fourth-order valence-corrected chi connectivity index (χ4v) is 2.16. The van der Waals surface area contributed by atoms with Crippen LogP contribution in [-0.2, 0) is 14.4 Å². The third-order valence-corrected chi connectivity index (χ3v) is 3.57. The largest absolute Gasteiger partial charge is 0.321 e. The highest BCUT2D eigenvalue weighted by Gasteiger charge is 2.15. The molecule has 0 aromatic heterocycles. The van der Waals surface area contributed by atoms with Crippen molar-refractivity contribution in [2.45, 2.75) is 13.3 Å². The maximum Gasteiger partial charge on any atom is 0.272 e. The Morgan fingerprint density at radius 2 is 1.70 bits per heavy atom. The summed E-state index contributed by atoms with van der Waals surface area (Å²) in [6.07, 6.45) is 2.76. The van der Waals surface area contributed by atoms with Crippen molar-refractivity contribution in [2.24, 2.45) is 5.10 Å². The van der Waals surface area contributed by atoms with Crippen LogP contribution in [0.1, 0.15) is 18.9 Å². The quantitative estimate of drug-likeness (QED) is 0.436. The van der Waals surface area contributed by atoms with Gasteiger partial charge in [0.05, 0.1) is 6.42 Å². The third kappa shape index (κ3) is 7.25. The van der Waals surface area contributed by atoms with Crippen molar-refractivity contribution in [3.05, 3.63) is 71.3 Å². The highest BCUT2D eigenvalue weighted by atomic mass is 35.5. The number of rotatable bonds is 7. The normalized spacial score (nSPS) is 11.3. The molecule has 0 unspecified atom stereocenters. The van der Waals surface area contributed by atoms with Crippen LogP contribution in [0, 0.1) is 0 Å². The van der Waals surface area contributed by atoms with E-state index < -0.39 is 11.8 Å². The van der Waals surface area contributed by atoms with Gasteiger partial charge in [0.2, 0.25) is 5.91 Å². The van der Waals surface area contributed by atoms with Crippen molar-refractivity contribution in [3.8, 4) is 0 Å². The number of hydrogen-bond donors (Lipinski definition) is 2. The molecule has 0 spiro atoms. The minimum Gasteiger partial charge on any atom is -0.321 e. The van der Waals surface area contributed by atoms with Crippen molar-refractivity contribution in [2.75, 3.05) is 5.32 Å². The van der Waals surface area contributed by atoms with Gasteiger partial charge >= 0.3 is 0 Å². The van der Waals surface area contributed by atoms with Gasteiger partial charge in [-0.3, -0.25) is 14.4 Å². The molecule has 0 saturated carbocycles. The monoisotopic (exact) mass is 383 g/mol. The Labute approximate surface area is 161 Å². The molecule has 2 aromatic rings. The van der Waals surface area contributed by atoms with Gasteiger partial charge in [-0.05, 0) is 35.9 Å². The summed E-state index contributed by atoms with van der Waals surface area (Å²) in [6, 6.07) is 15.8. The summed E-state index contributed by atoms with van der Waals surface area (Å²) in [6.45, 7) is 1.26. The van der Waals surface area contributed by atoms with Gasteiger partial charge in [0.15, 0.2) is 5.78 Å². The molecule has 0 atom stereocenters. The molecule has 2 aromatic carbocycles. The number of carbonyl (C=O) groups excluding carboxylic acids is 3. The zero-order valence-corrected chi connectivity index (χ0v) is 15.4. The van der Waals surface area contributed by atoms with Crippen molar-refractivity contribution in [1.82, 2.24) is 5.43 Å². The molecule has 7 heteroatoms. The van der Waals surface area contributed by atoms with Crippen LogP contribution in [-0.4, -0.2) is 23.3 Å². The molecule has 2 amide bonds. The highest BCUT2D eigenvalue weighted by Crippen LogP contribution is 2.13. The van der Waals surface area contributed by atoms with Gasteiger partial charge in [-0.15, -0.1) is 0 Å². The van der Waals surface area contributed by atoms with Crippen molar-refractivity contribution in [3.63, 3.8) is 0 Å². The fraction of sp³-hybridized carbons (Fsp3) is 0.100. The summed E-state index contributed by atoms with van der Waals surface area (Å²) in [7, 11) is 0. The molecule has 2 N–H and O–H groups in total. The van der Waals surface area contributed by atoms with E-state index in [4.69, 9.17) is 11.6 Å². The Morgan fingerprint density at radius 1 is 1.04 bits per heavy atom. The van der Waals surface area contributed by atoms with Gasteiger partial charge in [-0.25, -0.2) is 5.43 Å². The number of nitrogens with zero attached hydrogens (tertiary/aromatic N) is 1. The summed E-state index contributed by atoms with van der Waals surface area (Å²) >= 11 is 5.81. The zero-order chi connectivity index (χ0) is 19.6. The lowest BCUT2D eigenvalue weighted by Gasteiger charge is -2.07. The second-order valence-corrected chi connectivity index (χ2v) is 6.01. The van der Waals surface area contributed by atoms with E-state index in [1.807, 2.05) is 30.3 Å². The summed E-state index contributed by atoms with van der Waals surface area (Å²) in [5.41, 5.74) is 3.43. The van der Waals surface area contributed by atoms with Crippen LogP contribution in [0.3, 0.4) is 0 Å². The Morgan fingerprint density at radius 3 is 2.33 bits per heavy atom. The summed E-state index contributed by atoms with van der Waals surface area (Å²) in [5.74, 6) is -1.36. The van der Waals surface area contributed by atoms with Crippen LogP contribution in [0.15, 0.2) is 65.8 Å². The average molecular weight is 384 g/mol. The van der Waals surface area contributed by atoms with Gasteiger partial charge in [0, 0.05) is 17.6 Å². The second kappa shape index (κ2) is 10.0. The molecular weight excluding hydrogens is 366 g/mol. The molecule has 138 valence electrons. The molecule has 2 rings (SSSR count). The molecule has 0 heterocycles. The topological polar surface area (TPSA) is 87.6 Å². The number of halogens is 1. The van der Waals surface area contributed by atoms with E-state index >= 15 is 0 Å². The first-order valence-electron chi connectivity index (χ1n) is 8.10. The minimum atomic E-state index is -0.590. The summed E-state index contributed by atoms with van der Waals surface area (Å²) in [4.78, 5) is 35.7. The smallest absolute Gasteiger partial charge is 0.272 e. The van der Waals surface area contributed by atoms with Crippen LogP contribution in [0.25, 0.3) is 6.08 Å². The molecule has 0 aliphatic carbocycles. The first-order chi connectivity index (χ1) is 12.9. The molecule has 0 saturated heterocycles. The summed E-state index contributed by atoms with van der Waals surface area (Å²) in [5, 5.41) is 6.90. The number of amides is 2. The Hall–Kier alpha value is -3.25. The maximum absolute atomic E-state index is 12.4. The van der Waals surface area contributed by atoms with Crippen LogP contribution < -0.4 is 10.7 Å². The standard InChI is InChI=1S/C20H18ClN3O3/c1-14(25)23-24-19(20(27)22-17-10-8-16(21)9-11-17)13-18(26)12-7-15-5-3-2-4-6-15/h2-12H,13H2,1H3,(H,22,27)(H,23,25)/b12-7+,24-19-. The van der Waals surface area contributed by atoms with E-state index in [9.17, 15) is 14.4 Å². The molecular formula is C20H18ClN3O3. The highest BCUT2D eigenvalue weighted by molar-refractivity contribution is 6.46. The van der Waals surface area contributed by atoms with Gasteiger partial charge in [0.25, 0.3) is 5.91 Å². The number of anilines is 1. The van der Waals surface area contributed by atoms with Crippen LogP contribution in [0.2, 0.25) is 5.02 Å². The van der Waals surface area contributed by atoms with E-state index in [1.165, 1.54) is 13.0 Å². The molecule has 0 fully saturated rings. The number of ketones is 1. The number of benzene rings is 2. The SMILES string of the molecule is CC(=O)N/N=C(/CC(=O)/C=C/c1ccccc1)C(=O)Nc1ccc(Cl)cc1. The average Bonchev–Trinajstić information content (AvgIpc) is 2.66. The van der Waals surface area contributed by atoms with E-state index in [0.717, 1.165) is 5.56 Å². The molecule has 0 bridgehead atoms. The van der Waals surface area contributed by atoms with Crippen molar-refractivity contribution < 1.29 is 14.4 Å². The number of hydrogen-bond acceptors (Lipinski definition) is 4. The van der Waals surface area contributed by atoms with Crippen molar-refractivity contribution >= 4 is 46.7 Å². The summed E-state index contributed by atoms with van der Waals surface area (Å²) < 4.78 is 0. The number of carbonyl (C=O) groups is 3. The number of nitrogens with one attached hydrogen (secondary N) is 2. The Kier molecular flexibility index (Phi) is 7.46. The molecule has 0 aliphatic rings. The predicted molar refractivity (Wildman–Crippen MR) is 106 cm³/mol. The molecule has 6 nitrogen and oxygen atoms in total. The van der Waals surface area contributed by atoms with Gasteiger partial charge < -0.3 is 5.32 Å². The van der Waals surface area contributed by atoms with Crippen molar-refractivity contribution in [1.29, 1.82) is 0 Å². The minimum absolute atomic E-state index is 0.108. The van der Waals surface area contributed by atoms with E-state index in [2.05, 4.69) is 15.8 Å². The molecule has 0 radical (unpaired) electrons. The third-order valence-electron chi connectivity index (χ3n) is 3.32. The number of hydrazone groups is 1. The van der Waals surface area contributed by atoms with Crippen LogP contribution >= 0.6 is 11.6 Å². The van der Waals surface area contributed by atoms with Gasteiger partial charge in [0.1, 0.15) is 5.71 Å². The predicted octanol–water partition coefficient (Wildman–Crippen LogP) is 3.44. The lowest BCUT2D eigenvalue weighted by Crippen LogP contribution is -2.28. The lowest BCUT2D eigenvalue weighted by molar-refractivity contribution is -0.119. The first kappa shape index (κ1) is 20.1. The van der Waals surface area contributed by atoms with Gasteiger partial charge in [-0.2, -0.15) is 5.10 Å². The number of allylic oxidation sites excluding steroid dienone is 1.